The van der Waals surface area contributed by atoms with Gasteiger partial charge in [-0.15, -0.1) is 0 Å². The first-order valence-corrected chi connectivity index (χ1v) is 12.0. The fourth-order valence-corrected chi connectivity index (χ4v) is 4.74. The Morgan fingerprint density at radius 1 is 1.00 bits per heavy atom. The summed E-state index contributed by atoms with van der Waals surface area (Å²) in [5.74, 6) is 1.78. The maximum atomic E-state index is 13.4. The summed E-state index contributed by atoms with van der Waals surface area (Å²) in [6, 6.07) is 3.86. The summed E-state index contributed by atoms with van der Waals surface area (Å²) in [6.07, 6.45) is 1.22. The Balaban J connectivity index is 1.56. The van der Waals surface area contributed by atoms with E-state index in [4.69, 9.17) is 9.97 Å². The zero-order chi connectivity index (χ0) is 25.4. The van der Waals surface area contributed by atoms with Gasteiger partial charge < -0.3 is 15.1 Å². The van der Waals surface area contributed by atoms with Gasteiger partial charge in [-0.3, -0.25) is 10.1 Å². The van der Waals surface area contributed by atoms with Crippen LogP contribution in [0.4, 0.5) is 36.4 Å². The number of nitro benzene ring substituents is 1. The van der Waals surface area contributed by atoms with Gasteiger partial charge in [-0.2, -0.15) is 18.2 Å². The summed E-state index contributed by atoms with van der Waals surface area (Å²) < 4.78 is 40.3. The monoisotopic (exact) mass is 501 g/mol. The number of benzene rings is 1. The summed E-state index contributed by atoms with van der Waals surface area (Å²) in [5.41, 5.74) is -0.912. The van der Waals surface area contributed by atoms with E-state index in [9.17, 15) is 23.3 Å². The van der Waals surface area contributed by atoms with Gasteiger partial charge in [0.2, 0.25) is 5.95 Å². The first kappa shape index (κ1) is 24.0. The number of anilines is 3. The van der Waals surface area contributed by atoms with Gasteiger partial charge in [0.15, 0.2) is 0 Å². The number of nitrogens with one attached hydrogen (secondary N) is 1. The first-order valence-electron chi connectivity index (χ1n) is 12.0. The van der Waals surface area contributed by atoms with Crippen molar-refractivity contribution in [2.45, 2.75) is 44.8 Å². The summed E-state index contributed by atoms with van der Waals surface area (Å²) in [7, 11) is 0. The molecular weight excluding hydrogens is 475 g/mol. The van der Waals surface area contributed by atoms with Crippen molar-refractivity contribution in [1.29, 1.82) is 0 Å². The minimum atomic E-state index is -4.71. The van der Waals surface area contributed by atoms with Crippen LogP contribution in [0.25, 0.3) is 10.9 Å². The van der Waals surface area contributed by atoms with E-state index in [1.165, 1.54) is 0 Å². The molecule has 2 saturated heterocycles. The Hall–Kier alpha value is -3.70. The summed E-state index contributed by atoms with van der Waals surface area (Å²) >= 11 is 0. The molecule has 1 atom stereocenters. The highest BCUT2D eigenvalue weighted by Gasteiger charge is 2.33. The molecule has 1 unspecified atom stereocenters. The molecule has 2 aromatic heterocycles. The lowest BCUT2D eigenvalue weighted by Crippen LogP contribution is -2.22. The van der Waals surface area contributed by atoms with Crippen molar-refractivity contribution < 1.29 is 18.1 Å². The van der Waals surface area contributed by atoms with Gasteiger partial charge in [0.05, 0.1) is 28.2 Å². The number of aromatic nitrogens is 3. The number of non-ortho nitro benzene ring substituents is 1. The molecule has 0 radical (unpaired) electrons. The lowest BCUT2D eigenvalue weighted by molar-refractivity contribution is -0.385. The first-order chi connectivity index (χ1) is 17.2. The Morgan fingerprint density at radius 3 is 2.31 bits per heavy atom. The molecule has 0 aliphatic carbocycles. The minimum absolute atomic E-state index is 0.139. The van der Waals surface area contributed by atoms with Crippen molar-refractivity contribution in [3.8, 4) is 0 Å². The molecule has 2 aliphatic heterocycles. The summed E-state index contributed by atoms with van der Waals surface area (Å²) in [4.78, 5) is 28.8. The van der Waals surface area contributed by atoms with Gasteiger partial charge in [0.1, 0.15) is 11.6 Å². The number of alkyl halides is 3. The average Bonchev–Trinajstić information content (AvgIpc) is 3.57. The lowest BCUT2D eigenvalue weighted by Gasteiger charge is -2.22. The third-order valence-corrected chi connectivity index (χ3v) is 6.71. The number of hydrogen-bond acceptors (Lipinski definition) is 8. The zero-order valence-electron chi connectivity index (χ0n) is 19.8. The van der Waals surface area contributed by atoms with Crippen LogP contribution in [0.15, 0.2) is 30.5 Å². The maximum Gasteiger partial charge on any atom is 0.416 e. The SMILES string of the molecule is CC(Nc1nc(N2CCCC2)nc2cnc(N3CCCC3)cc12)c1cc([N+](=O)[O-])cc(C(F)(F)F)c1. The van der Waals surface area contributed by atoms with Crippen LogP contribution in [0.3, 0.4) is 0 Å². The second kappa shape index (κ2) is 9.40. The van der Waals surface area contributed by atoms with Crippen molar-refractivity contribution in [1.82, 2.24) is 15.0 Å². The molecule has 1 N–H and O–H groups in total. The third-order valence-electron chi connectivity index (χ3n) is 6.71. The van der Waals surface area contributed by atoms with E-state index >= 15 is 0 Å². The molecule has 0 amide bonds. The number of nitrogens with zero attached hydrogens (tertiary/aromatic N) is 6. The van der Waals surface area contributed by atoms with Crippen LogP contribution >= 0.6 is 0 Å². The van der Waals surface area contributed by atoms with Gasteiger partial charge >= 0.3 is 6.18 Å². The van der Waals surface area contributed by atoms with Crippen LogP contribution in [0.5, 0.6) is 0 Å². The molecule has 0 spiro atoms. The van der Waals surface area contributed by atoms with E-state index in [-0.39, 0.29) is 5.56 Å². The van der Waals surface area contributed by atoms with Crippen molar-refractivity contribution in [3.05, 3.63) is 51.7 Å². The predicted molar refractivity (Wildman–Crippen MR) is 130 cm³/mol. The molecule has 9 nitrogen and oxygen atoms in total. The Kier molecular flexibility index (Phi) is 6.27. The molecule has 190 valence electrons. The molecule has 2 aliphatic rings. The highest BCUT2D eigenvalue weighted by atomic mass is 19.4. The number of halogens is 3. The van der Waals surface area contributed by atoms with Gasteiger partial charge in [0, 0.05) is 43.7 Å². The van der Waals surface area contributed by atoms with E-state index in [0.29, 0.717) is 28.7 Å². The Morgan fingerprint density at radius 2 is 1.67 bits per heavy atom. The minimum Gasteiger partial charge on any atom is -0.363 e. The van der Waals surface area contributed by atoms with E-state index in [2.05, 4.69) is 20.1 Å². The van der Waals surface area contributed by atoms with Crippen LogP contribution in [0, 0.1) is 10.1 Å². The van der Waals surface area contributed by atoms with Gasteiger partial charge in [0.25, 0.3) is 5.69 Å². The van der Waals surface area contributed by atoms with Crippen LogP contribution in [-0.2, 0) is 6.18 Å². The highest BCUT2D eigenvalue weighted by Crippen LogP contribution is 2.36. The third kappa shape index (κ3) is 4.84. The maximum absolute atomic E-state index is 13.4. The second-order valence-electron chi connectivity index (χ2n) is 9.25. The zero-order valence-corrected chi connectivity index (χ0v) is 19.8. The predicted octanol–water partition coefficient (Wildman–Crippen LogP) is 5.33. The largest absolute Gasteiger partial charge is 0.416 e. The molecule has 3 aromatic rings. The summed E-state index contributed by atoms with van der Waals surface area (Å²) in [5, 5.41) is 15.2. The van der Waals surface area contributed by atoms with Crippen LogP contribution < -0.4 is 15.1 Å². The smallest absolute Gasteiger partial charge is 0.363 e. The van der Waals surface area contributed by atoms with Crippen molar-refractivity contribution in [2.24, 2.45) is 0 Å². The number of nitro groups is 1. The van der Waals surface area contributed by atoms with Gasteiger partial charge in [-0.05, 0) is 50.3 Å². The van der Waals surface area contributed by atoms with E-state index < -0.39 is 28.4 Å². The average molecular weight is 502 g/mol. The van der Waals surface area contributed by atoms with Crippen molar-refractivity contribution in [3.63, 3.8) is 0 Å². The quantitative estimate of drug-likeness (QED) is 0.358. The lowest BCUT2D eigenvalue weighted by atomic mass is 10.0. The number of rotatable bonds is 6. The topological polar surface area (TPSA) is 100 Å². The molecule has 0 saturated carbocycles. The van der Waals surface area contributed by atoms with Crippen molar-refractivity contribution >= 4 is 34.2 Å². The van der Waals surface area contributed by atoms with Crippen molar-refractivity contribution in [2.75, 3.05) is 41.3 Å². The molecule has 4 heterocycles. The second-order valence-corrected chi connectivity index (χ2v) is 9.25. The fourth-order valence-electron chi connectivity index (χ4n) is 4.74. The van der Waals surface area contributed by atoms with Gasteiger partial charge in [-0.25, -0.2) is 9.97 Å². The molecule has 36 heavy (non-hydrogen) atoms. The van der Waals surface area contributed by atoms with Gasteiger partial charge in [-0.1, -0.05) is 0 Å². The molecular formula is C24H26F3N7O2. The Bertz CT molecular complexity index is 1290. The standard InChI is InChI=1S/C24H26F3N7O2/c1-15(16-10-17(24(25,26)27)12-18(11-16)34(35)36)29-22-19-13-21(32-6-2-3-7-32)28-14-20(19)30-23(31-22)33-8-4-5-9-33/h10-15H,2-9H2,1H3,(H,29,30,31). The van der Waals surface area contributed by atoms with E-state index in [0.717, 1.165) is 69.8 Å². The summed E-state index contributed by atoms with van der Waals surface area (Å²) in [6.45, 7) is 5.10. The Labute approximate surface area is 205 Å². The number of fused-ring (bicyclic) bond motifs is 1. The van der Waals surface area contributed by atoms with Crippen LogP contribution in [0.1, 0.15) is 49.8 Å². The molecule has 5 rings (SSSR count). The molecule has 12 heteroatoms. The fraction of sp³-hybridized carbons (Fsp3) is 0.458. The highest BCUT2D eigenvalue weighted by molar-refractivity contribution is 5.91. The normalized spacial score (nSPS) is 17.1. The van der Waals surface area contributed by atoms with Crippen LogP contribution in [0.2, 0.25) is 0 Å². The number of hydrogen-bond donors (Lipinski definition) is 1. The molecule has 1 aromatic carbocycles. The number of pyridine rings is 1. The molecule has 2 fully saturated rings. The van der Waals surface area contributed by atoms with E-state index in [1.807, 2.05) is 6.07 Å². The molecule has 0 bridgehead atoms. The van der Waals surface area contributed by atoms with E-state index in [1.54, 1.807) is 13.1 Å². The van der Waals surface area contributed by atoms with Crippen LogP contribution in [-0.4, -0.2) is 46.1 Å².